The Labute approximate surface area is 155 Å². The molecule has 2 rings (SSSR count). The number of ether oxygens (including phenoxy) is 2. The molecule has 1 atom stereocenters. The number of carbonyl (C=O) groups excluding carboxylic acids is 1. The number of benzene rings is 2. The minimum atomic E-state index is -4.85. The van der Waals surface area contributed by atoms with Crippen LogP contribution in [-0.4, -0.2) is 43.9 Å². The van der Waals surface area contributed by atoms with Crippen LogP contribution in [0.4, 0.5) is 18.9 Å². The van der Waals surface area contributed by atoms with E-state index in [1.54, 1.807) is 19.0 Å². The normalized spacial score (nSPS) is 12.7. The zero-order valence-corrected chi connectivity index (χ0v) is 15.0. The number of nitrogens with zero attached hydrogens (tertiary/aromatic N) is 1. The minimum absolute atomic E-state index is 0.0604. The molecule has 1 N–H and O–H groups in total. The van der Waals surface area contributed by atoms with Crippen molar-refractivity contribution in [1.29, 1.82) is 0 Å². The second-order valence-corrected chi connectivity index (χ2v) is 6.01. The molecule has 2 aromatic carbocycles. The molecule has 2 aromatic rings. The van der Waals surface area contributed by atoms with Gasteiger partial charge in [-0.3, -0.25) is 9.69 Å². The van der Waals surface area contributed by atoms with Crippen LogP contribution < -0.4 is 10.1 Å². The number of rotatable bonds is 8. The molecule has 146 valence electrons. The number of para-hydroxylation sites is 2. The second-order valence-electron chi connectivity index (χ2n) is 6.01. The molecule has 0 bridgehead atoms. The maximum atomic E-state index is 12.5. The predicted molar refractivity (Wildman–Crippen MR) is 95.3 cm³/mol. The van der Waals surface area contributed by atoms with E-state index in [2.05, 4.69) is 10.1 Å². The number of nitrogens with one attached hydrogen (secondary N) is 1. The molecule has 0 aromatic heterocycles. The van der Waals surface area contributed by atoms with Gasteiger partial charge in [0.2, 0.25) is 5.91 Å². The van der Waals surface area contributed by atoms with E-state index < -0.39 is 24.1 Å². The van der Waals surface area contributed by atoms with Crippen LogP contribution in [0.2, 0.25) is 0 Å². The van der Waals surface area contributed by atoms with Crippen molar-refractivity contribution >= 4 is 11.6 Å². The molecule has 27 heavy (non-hydrogen) atoms. The molecule has 0 unspecified atom stereocenters. The van der Waals surface area contributed by atoms with E-state index in [4.69, 9.17) is 4.74 Å². The van der Waals surface area contributed by atoms with Gasteiger partial charge in [0.25, 0.3) is 0 Å². The summed E-state index contributed by atoms with van der Waals surface area (Å²) in [7, 11) is 3.38. The number of carbonyl (C=O) groups is 1. The van der Waals surface area contributed by atoms with Crippen molar-refractivity contribution in [2.45, 2.75) is 19.0 Å². The summed E-state index contributed by atoms with van der Waals surface area (Å²) in [5.41, 5.74) is 0.897. The van der Waals surface area contributed by atoms with Crippen LogP contribution in [0.1, 0.15) is 5.56 Å². The smallest absolute Gasteiger partial charge is 0.404 e. The fourth-order valence-electron chi connectivity index (χ4n) is 2.32. The van der Waals surface area contributed by atoms with Crippen LogP contribution >= 0.6 is 0 Å². The van der Waals surface area contributed by atoms with Gasteiger partial charge in [0.05, 0.1) is 18.9 Å². The molecule has 5 nitrogen and oxygen atoms in total. The summed E-state index contributed by atoms with van der Waals surface area (Å²) < 4.78 is 47.1. The van der Waals surface area contributed by atoms with Crippen LogP contribution in [0.5, 0.6) is 5.75 Å². The van der Waals surface area contributed by atoms with Crippen LogP contribution in [0.25, 0.3) is 0 Å². The van der Waals surface area contributed by atoms with Gasteiger partial charge in [-0.2, -0.15) is 0 Å². The Bertz CT molecular complexity index is 736. The maximum Gasteiger partial charge on any atom is 0.573 e. The summed E-state index contributed by atoms with van der Waals surface area (Å²) in [4.78, 5) is 14.2. The number of anilines is 1. The molecule has 8 heteroatoms. The summed E-state index contributed by atoms with van der Waals surface area (Å²) in [5.74, 6) is -0.965. The lowest BCUT2D eigenvalue weighted by atomic mass is 10.2. The van der Waals surface area contributed by atoms with Gasteiger partial charge >= 0.3 is 6.36 Å². The molecule has 0 spiro atoms. The predicted octanol–water partition coefficient (Wildman–Crippen LogP) is 3.67. The van der Waals surface area contributed by atoms with Crippen molar-refractivity contribution in [3.8, 4) is 5.75 Å². The lowest BCUT2D eigenvalue weighted by molar-refractivity contribution is -0.274. The molecule has 0 saturated carbocycles. The summed E-state index contributed by atoms with van der Waals surface area (Å²) >= 11 is 0. The van der Waals surface area contributed by atoms with Gasteiger partial charge in [0, 0.05) is 0 Å². The van der Waals surface area contributed by atoms with Crippen molar-refractivity contribution in [3.63, 3.8) is 0 Å². The first-order chi connectivity index (χ1) is 12.8. The quantitative estimate of drug-likeness (QED) is 0.757. The molecule has 0 heterocycles. The zero-order valence-electron chi connectivity index (χ0n) is 15.0. The Morgan fingerprint density at radius 2 is 1.70 bits per heavy atom. The highest BCUT2D eigenvalue weighted by molar-refractivity contribution is 5.96. The molecule has 0 fully saturated rings. The van der Waals surface area contributed by atoms with E-state index in [9.17, 15) is 18.0 Å². The molecule has 0 aliphatic rings. The first kappa shape index (κ1) is 20.7. The topological polar surface area (TPSA) is 50.8 Å². The summed E-state index contributed by atoms with van der Waals surface area (Å²) in [6.45, 7) is 0.405. The zero-order chi connectivity index (χ0) is 19.9. The molecule has 1 amide bonds. The van der Waals surface area contributed by atoms with E-state index in [0.717, 1.165) is 11.6 Å². The lowest BCUT2D eigenvalue weighted by Gasteiger charge is -2.24. The summed E-state index contributed by atoms with van der Waals surface area (Å²) in [6.07, 6.45) is -4.85. The second kappa shape index (κ2) is 9.38. The Morgan fingerprint density at radius 1 is 1.07 bits per heavy atom. The van der Waals surface area contributed by atoms with Crippen molar-refractivity contribution in [2.24, 2.45) is 0 Å². The number of likely N-dealkylation sites (N-methyl/N-ethyl adjacent to an activating group) is 1. The van der Waals surface area contributed by atoms with Crippen LogP contribution in [0.3, 0.4) is 0 Å². The summed E-state index contributed by atoms with van der Waals surface area (Å²) in [6, 6.07) is 14.1. The van der Waals surface area contributed by atoms with Crippen LogP contribution in [0, 0.1) is 0 Å². The molecule has 0 aliphatic heterocycles. The van der Waals surface area contributed by atoms with Crippen molar-refractivity contribution in [1.82, 2.24) is 4.90 Å². The third-order valence-corrected chi connectivity index (χ3v) is 3.68. The van der Waals surface area contributed by atoms with Gasteiger partial charge in [-0.1, -0.05) is 42.5 Å². The van der Waals surface area contributed by atoms with E-state index in [1.165, 1.54) is 18.2 Å². The Morgan fingerprint density at radius 3 is 2.33 bits per heavy atom. The van der Waals surface area contributed by atoms with Crippen LogP contribution in [0.15, 0.2) is 54.6 Å². The molecular formula is C19H21F3N2O3. The Balaban J connectivity index is 2.01. The highest BCUT2D eigenvalue weighted by Gasteiger charge is 2.32. The van der Waals surface area contributed by atoms with Gasteiger partial charge in [0.1, 0.15) is 6.04 Å². The van der Waals surface area contributed by atoms with Crippen molar-refractivity contribution in [3.05, 3.63) is 60.2 Å². The molecule has 0 aliphatic carbocycles. The Hall–Kier alpha value is -2.58. The molecule has 0 radical (unpaired) electrons. The van der Waals surface area contributed by atoms with Gasteiger partial charge in [-0.15, -0.1) is 13.2 Å². The first-order valence-electron chi connectivity index (χ1n) is 8.20. The number of amides is 1. The highest BCUT2D eigenvalue weighted by atomic mass is 19.4. The molecule has 0 saturated heterocycles. The highest BCUT2D eigenvalue weighted by Crippen LogP contribution is 2.30. The average Bonchev–Trinajstić information content (AvgIpc) is 2.59. The standard InChI is InChI=1S/C19H21F3N2O3/c1-24(2)16(13-26-12-14-8-4-3-5-9-14)18(25)23-15-10-6-7-11-17(15)27-19(20,21)22/h3-11,16H,12-13H2,1-2H3,(H,23,25)/t16-/m0/s1. The van der Waals surface area contributed by atoms with E-state index in [0.29, 0.717) is 6.61 Å². The van der Waals surface area contributed by atoms with Crippen molar-refractivity contribution < 1.29 is 27.4 Å². The van der Waals surface area contributed by atoms with E-state index in [-0.39, 0.29) is 12.3 Å². The van der Waals surface area contributed by atoms with Gasteiger partial charge in [0.15, 0.2) is 5.75 Å². The maximum absolute atomic E-state index is 12.5. The number of halogens is 3. The monoisotopic (exact) mass is 382 g/mol. The van der Waals surface area contributed by atoms with Gasteiger partial charge in [-0.25, -0.2) is 0 Å². The first-order valence-corrected chi connectivity index (χ1v) is 8.20. The van der Waals surface area contributed by atoms with E-state index in [1.807, 2.05) is 30.3 Å². The van der Waals surface area contributed by atoms with Gasteiger partial charge in [-0.05, 0) is 31.8 Å². The Kier molecular flexibility index (Phi) is 7.20. The fourth-order valence-corrected chi connectivity index (χ4v) is 2.32. The largest absolute Gasteiger partial charge is 0.573 e. The van der Waals surface area contributed by atoms with Crippen molar-refractivity contribution in [2.75, 3.05) is 26.0 Å². The fraction of sp³-hybridized carbons (Fsp3) is 0.316. The molecular weight excluding hydrogens is 361 g/mol. The average molecular weight is 382 g/mol. The third-order valence-electron chi connectivity index (χ3n) is 3.68. The van der Waals surface area contributed by atoms with Gasteiger partial charge < -0.3 is 14.8 Å². The van der Waals surface area contributed by atoms with Crippen LogP contribution in [-0.2, 0) is 16.1 Å². The SMILES string of the molecule is CN(C)[C@@H](COCc1ccccc1)C(=O)Nc1ccccc1OC(F)(F)F. The summed E-state index contributed by atoms with van der Waals surface area (Å²) in [5, 5.41) is 2.48. The minimum Gasteiger partial charge on any atom is -0.404 e. The lowest BCUT2D eigenvalue weighted by Crippen LogP contribution is -2.43. The van der Waals surface area contributed by atoms with E-state index >= 15 is 0 Å². The number of hydrogen-bond donors (Lipinski definition) is 1. The third kappa shape index (κ3) is 6.92. The number of hydrogen-bond acceptors (Lipinski definition) is 4. The number of alkyl halides is 3.